The van der Waals surface area contributed by atoms with Crippen LogP contribution in [0.25, 0.3) is 0 Å². The Bertz CT molecular complexity index is 838. The number of rotatable bonds is 37. The highest BCUT2D eigenvalue weighted by Gasteiger charge is 2.28. The molecule has 4 unspecified atom stereocenters. The highest BCUT2D eigenvalue weighted by Crippen LogP contribution is 2.13. The van der Waals surface area contributed by atoms with Crippen molar-refractivity contribution >= 4 is 5.91 Å². The lowest BCUT2D eigenvalue weighted by Crippen LogP contribution is -2.53. The Labute approximate surface area is 309 Å². The van der Waals surface area contributed by atoms with E-state index in [0.29, 0.717) is 19.3 Å². The lowest BCUT2D eigenvalue weighted by atomic mass is 10.00. The zero-order valence-corrected chi connectivity index (χ0v) is 32.6. The van der Waals surface area contributed by atoms with Crippen LogP contribution in [0.1, 0.15) is 194 Å². The van der Waals surface area contributed by atoms with Crippen LogP contribution in [0.5, 0.6) is 0 Å². The second-order valence-corrected chi connectivity index (χ2v) is 14.3. The van der Waals surface area contributed by atoms with Gasteiger partial charge in [-0.2, -0.15) is 0 Å². The van der Waals surface area contributed by atoms with Crippen molar-refractivity contribution in [2.24, 2.45) is 0 Å². The van der Waals surface area contributed by atoms with Gasteiger partial charge in [0.05, 0.1) is 18.8 Å². The molecule has 0 rings (SSSR count). The summed E-state index contributed by atoms with van der Waals surface area (Å²) in [7, 11) is 0. The van der Waals surface area contributed by atoms with Crippen LogP contribution in [-0.2, 0) is 4.79 Å². The van der Waals surface area contributed by atoms with Crippen LogP contribution < -0.4 is 5.32 Å². The molecule has 0 radical (unpaired) electrons. The van der Waals surface area contributed by atoms with Gasteiger partial charge in [0.25, 0.3) is 0 Å². The molecular weight excluding hydrogens is 622 g/mol. The first kappa shape index (κ1) is 48.3. The number of hydrogen-bond acceptors (Lipinski definition) is 5. The number of aliphatic hydroxyl groups is 4. The lowest BCUT2D eigenvalue weighted by Gasteiger charge is -2.27. The first-order valence-electron chi connectivity index (χ1n) is 21.0. The smallest absolute Gasteiger partial charge is 0.249 e. The molecule has 0 aliphatic rings. The van der Waals surface area contributed by atoms with Crippen LogP contribution in [-0.4, -0.2) is 57.3 Å². The minimum absolute atomic E-state index is 0.350. The minimum Gasteiger partial charge on any atom is -0.394 e. The van der Waals surface area contributed by atoms with Crippen molar-refractivity contribution in [3.63, 3.8) is 0 Å². The molecule has 0 heterocycles. The van der Waals surface area contributed by atoms with Crippen molar-refractivity contribution in [3.05, 3.63) is 48.6 Å². The molecule has 4 atom stereocenters. The Morgan fingerprint density at radius 2 is 0.840 bits per heavy atom. The van der Waals surface area contributed by atoms with Gasteiger partial charge in [0, 0.05) is 0 Å². The molecule has 0 aliphatic heterocycles. The monoisotopic (exact) mass is 704 g/mol. The molecule has 0 saturated carbocycles. The highest BCUT2D eigenvalue weighted by atomic mass is 16.3. The maximum Gasteiger partial charge on any atom is 0.249 e. The third-order valence-electron chi connectivity index (χ3n) is 9.47. The van der Waals surface area contributed by atoms with Gasteiger partial charge in [-0.3, -0.25) is 4.79 Å². The topological polar surface area (TPSA) is 110 Å². The molecule has 0 saturated heterocycles. The van der Waals surface area contributed by atoms with Crippen molar-refractivity contribution in [2.45, 2.75) is 218 Å². The van der Waals surface area contributed by atoms with Crippen LogP contribution in [0, 0.1) is 0 Å². The van der Waals surface area contributed by atoms with Gasteiger partial charge in [0.1, 0.15) is 12.2 Å². The molecular formula is C44H81NO5. The molecule has 6 nitrogen and oxygen atoms in total. The molecule has 0 bridgehead atoms. The van der Waals surface area contributed by atoms with Crippen molar-refractivity contribution in [3.8, 4) is 0 Å². The van der Waals surface area contributed by atoms with Gasteiger partial charge in [-0.05, 0) is 89.9 Å². The summed E-state index contributed by atoms with van der Waals surface area (Å²) >= 11 is 0. The van der Waals surface area contributed by atoms with E-state index in [1.807, 2.05) is 0 Å². The second-order valence-electron chi connectivity index (χ2n) is 14.3. The minimum atomic E-state index is -1.30. The van der Waals surface area contributed by atoms with E-state index in [4.69, 9.17) is 0 Å². The standard InChI is InChI=1S/C44H81NO5/c1-3-5-7-9-11-13-15-17-19-21-22-24-25-27-29-31-33-35-37-41(47)43(49)40(39-46)45-44(50)42(48)38-36-34-32-30-28-26-23-20-18-16-14-12-10-8-6-4-2/h15,17-18,20,22,24,29,31,40-43,46-49H,3-14,16,19,21,23,25-28,30,32-39H2,1-2H3,(H,45,50)/b17-15+,20-18-,24-22+,31-29+. The Morgan fingerprint density at radius 1 is 0.480 bits per heavy atom. The Morgan fingerprint density at radius 3 is 1.26 bits per heavy atom. The number of nitrogens with one attached hydrogen (secondary N) is 1. The first-order chi connectivity index (χ1) is 24.5. The fourth-order valence-electron chi connectivity index (χ4n) is 6.08. The van der Waals surface area contributed by atoms with Crippen molar-refractivity contribution in [1.29, 1.82) is 0 Å². The molecule has 50 heavy (non-hydrogen) atoms. The summed E-state index contributed by atoms with van der Waals surface area (Å²) in [5, 5.41) is 43.6. The molecule has 0 aromatic carbocycles. The fraction of sp³-hybridized carbons (Fsp3) is 0.795. The van der Waals surface area contributed by atoms with Crippen LogP contribution >= 0.6 is 0 Å². The zero-order valence-electron chi connectivity index (χ0n) is 32.6. The van der Waals surface area contributed by atoms with E-state index < -0.39 is 36.9 Å². The lowest BCUT2D eigenvalue weighted by molar-refractivity contribution is -0.132. The summed E-state index contributed by atoms with van der Waals surface area (Å²) in [6.45, 7) is 4.00. The first-order valence-corrected chi connectivity index (χ1v) is 21.0. The molecule has 0 spiro atoms. The van der Waals surface area contributed by atoms with Crippen molar-refractivity contribution in [1.82, 2.24) is 5.32 Å². The summed E-state index contributed by atoms with van der Waals surface area (Å²) in [5.74, 6) is -0.607. The van der Waals surface area contributed by atoms with Gasteiger partial charge >= 0.3 is 0 Å². The average molecular weight is 704 g/mol. The van der Waals surface area contributed by atoms with E-state index in [1.54, 1.807) is 0 Å². The zero-order chi connectivity index (χ0) is 36.8. The molecule has 1 amide bonds. The van der Waals surface area contributed by atoms with Gasteiger partial charge in [-0.1, -0.05) is 152 Å². The van der Waals surface area contributed by atoms with Crippen LogP contribution in [0.4, 0.5) is 0 Å². The average Bonchev–Trinajstić information content (AvgIpc) is 3.12. The second kappa shape index (κ2) is 38.5. The largest absolute Gasteiger partial charge is 0.394 e. The molecule has 0 aromatic rings. The third-order valence-corrected chi connectivity index (χ3v) is 9.47. The molecule has 0 aromatic heterocycles. The number of amides is 1. The van der Waals surface area contributed by atoms with E-state index >= 15 is 0 Å². The Balaban J connectivity index is 3.88. The number of hydrogen-bond donors (Lipinski definition) is 5. The highest BCUT2D eigenvalue weighted by molar-refractivity contribution is 5.80. The van der Waals surface area contributed by atoms with E-state index in [9.17, 15) is 25.2 Å². The van der Waals surface area contributed by atoms with Crippen molar-refractivity contribution < 1.29 is 25.2 Å². The summed E-state index contributed by atoms with van der Waals surface area (Å²) in [5.41, 5.74) is 0. The Kier molecular flexibility index (Phi) is 37.2. The normalized spacial score (nSPS) is 14.8. The molecule has 0 fully saturated rings. The van der Waals surface area contributed by atoms with Gasteiger partial charge in [0.2, 0.25) is 5.91 Å². The quantitative estimate of drug-likeness (QED) is 0.0327. The summed E-state index contributed by atoms with van der Waals surface area (Å²) in [4.78, 5) is 12.5. The predicted molar refractivity (Wildman–Crippen MR) is 214 cm³/mol. The molecule has 5 N–H and O–H groups in total. The number of allylic oxidation sites excluding steroid dienone is 8. The van der Waals surface area contributed by atoms with Gasteiger partial charge < -0.3 is 25.7 Å². The summed E-state index contributed by atoms with van der Waals surface area (Å²) in [6, 6.07) is -1.01. The molecule has 6 heteroatoms. The van der Waals surface area contributed by atoms with Crippen LogP contribution in [0.3, 0.4) is 0 Å². The predicted octanol–water partition coefficient (Wildman–Crippen LogP) is 10.7. The third kappa shape index (κ3) is 32.2. The molecule has 292 valence electrons. The van der Waals surface area contributed by atoms with E-state index in [1.165, 1.54) is 96.3 Å². The summed E-state index contributed by atoms with van der Waals surface area (Å²) < 4.78 is 0. The number of carbonyl (C=O) groups excluding carboxylic acids is 1. The summed E-state index contributed by atoms with van der Waals surface area (Å²) in [6.07, 6.45) is 45.6. The van der Waals surface area contributed by atoms with E-state index in [2.05, 4.69) is 67.8 Å². The Hall–Kier alpha value is -1.73. The number of unbranched alkanes of at least 4 members (excludes halogenated alkanes) is 20. The SMILES string of the molecule is CCCCCCC/C=C/CC/C=C/CC/C=C/CCCC(O)C(O)C(CO)NC(=O)C(O)CCCCCCCC/C=C\CCCCCCCC. The number of carbonyl (C=O) groups is 1. The van der Waals surface area contributed by atoms with E-state index in [0.717, 1.165) is 64.2 Å². The van der Waals surface area contributed by atoms with Gasteiger partial charge in [0.15, 0.2) is 0 Å². The van der Waals surface area contributed by atoms with Gasteiger partial charge in [-0.15, -0.1) is 0 Å². The molecule has 0 aliphatic carbocycles. The van der Waals surface area contributed by atoms with Crippen molar-refractivity contribution in [2.75, 3.05) is 6.61 Å². The van der Waals surface area contributed by atoms with Gasteiger partial charge in [-0.25, -0.2) is 0 Å². The fourth-order valence-corrected chi connectivity index (χ4v) is 6.08. The number of aliphatic hydroxyl groups excluding tert-OH is 4. The van der Waals surface area contributed by atoms with E-state index in [-0.39, 0.29) is 0 Å². The maximum absolute atomic E-state index is 12.5. The van der Waals surface area contributed by atoms with Crippen LogP contribution in [0.2, 0.25) is 0 Å². The van der Waals surface area contributed by atoms with Crippen LogP contribution in [0.15, 0.2) is 48.6 Å². The maximum atomic E-state index is 12.5.